The van der Waals surface area contributed by atoms with Crippen LogP contribution in [-0.4, -0.2) is 5.11 Å². The largest absolute Gasteiger partial charge is 0.384 e. The van der Waals surface area contributed by atoms with E-state index in [0.717, 1.165) is 5.56 Å². The molecule has 0 aromatic heterocycles. The molecule has 2 aromatic carbocycles. The minimum absolute atomic E-state index is 0.225. The molecule has 0 bridgehead atoms. The Morgan fingerprint density at radius 3 is 2.65 bits per heavy atom. The summed E-state index contributed by atoms with van der Waals surface area (Å²) in [5.41, 5.74) is 2.18. The van der Waals surface area contributed by atoms with Crippen LogP contribution >= 0.6 is 11.6 Å². The fourth-order valence-corrected chi connectivity index (χ4v) is 2.81. The summed E-state index contributed by atoms with van der Waals surface area (Å²) in [6, 6.07) is 12.1. The Labute approximate surface area is 123 Å². The van der Waals surface area contributed by atoms with Crippen LogP contribution in [0.25, 0.3) is 0 Å². The second-order valence-electron chi connectivity index (χ2n) is 5.37. The zero-order valence-electron chi connectivity index (χ0n) is 11.0. The van der Waals surface area contributed by atoms with Gasteiger partial charge in [-0.1, -0.05) is 42.3 Å². The van der Waals surface area contributed by atoms with E-state index in [4.69, 9.17) is 11.6 Å². The Bertz CT molecular complexity index is 622. The lowest BCUT2D eigenvalue weighted by molar-refractivity contribution is 0.214. The highest BCUT2D eigenvalue weighted by Gasteiger charge is 2.21. The molecular weight excluding hydrogens is 275 g/mol. The topological polar surface area (TPSA) is 20.2 Å². The molecule has 0 spiro atoms. The summed E-state index contributed by atoms with van der Waals surface area (Å²) in [4.78, 5) is 0. The van der Waals surface area contributed by atoms with Crippen LogP contribution in [0.15, 0.2) is 42.5 Å². The van der Waals surface area contributed by atoms with Gasteiger partial charge in [-0.2, -0.15) is 0 Å². The number of hydrogen-bond acceptors (Lipinski definition) is 1. The van der Waals surface area contributed by atoms with Crippen LogP contribution < -0.4 is 0 Å². The number of benzene rings is 2. The van der Waals surface area contributed by atoms with Crippen LogP contribution in [-0.2, 0) is 0 Å². The smallest absolute Gasteiger partial charge is 0.129 e. The lowest BCUT2D eigenvalue weighted by atomic mass is 9.79. The maximum atomic E-state index is 13.8. The van der Waals surface area contributed by atoms with Gasteiger partial charge in [0.25, 0.3) is 0 Å². The second-order valence-corrected chi connectivity index (χ2v) is 5.80. The van der Waals surface area contributed by atoms with Crippen molar-refractivity contribution in [2.45, 2.75) is 31.3 Å². The molecule has 1 N–H and O–H groups in total. The molecule has 1 unspecified atom stereocenters. The molecule has 2 aromatic rings. The number of hydrogen-bond donors (Lipinski definition) is 1. The maximum absolute atomic E-state index is 13.8. The monoisotopic (exact) mass is 290 g/mol. The first-order valence-corrected chi connectivity index (χ1v) is 7.26. The van der Waals surface area contributed by atoms with Crippen LogP contribution in [0.3, 0.4) is 0 Å². The number of aliphatic hydroxyl groups is 1. The highest BCUT2D eigenvalue weighted by Crippen LogP contribution is 2.37. The third kappa shape index (κ3) is 2.58. The van der Waals surface area contributed by atoms with Crippen molar-refractivity contribution in [2.75, 3.05) is 0 Å². The molecule has 20 heavy (non-hydrogen) atoms. The van der Waals surface area contributed by atoms with Gasteiger partial charge in [-0.15, -0.1) is 0 Å². The van der Waals surface area contributed by atoms with Gasteiger partial charge in [0.1, 0.15) is 11.9 Å². The minimum atomic E-state index is -0.978. The van der Waals surface area contributed by atoms with Crippen molar-refractivity contribution in [1.29, 1.82) is 0 Å². The molecule has 1 fully saturated rings. The molecule has 1 atom stereocenters. The lowest BCUT2D eigenvalue weighted by Crippen LogP contribution is -2.10. The van der Waals surface area contributed by atoms with Crippen LogP contribution in [0.4, 0.5) is 4.39 Å². The molecule has 3 rings (SSSR count). The summed E-state index contributed by atoms with van der Waals surface area (Å²) >= 11 is 5.88. The van der Waals surface area contributed by atoms with E-state index < -0.39 is 11.9 Å². The summed E-state index contributed by atoms with van der Waals surface area (Å²) in [6.45, 7) is 0. The lowest BCUT2D eigenvalue weighted by Gasteiger charge is -2.26. The van der Waals surface area contributed by atoms with Crippen molar-refractivity contribution >= 4 is 11.6 Å². The van der Waals surface area contributed by atoms with E-state index in [1.54, 1.807) is 0 Å². The molecule has 1 nitrogen and oxygen atoms in total. The molecule has 104 valence electrons. The number of halogens is 2. The van der Waals surface area contributed by atoms with Gasteiger partial charge in [0.2, 0.25) is 0 Å². The van der Waals surface area contributed by atoms with E-state index in [1.165, 1.54) is 43.0 Å². The third-order valence-electron chi connectivity index (χ3n) is 4.06. The fourth-order valence-electron chi connectivity index (χ4n) is 2.63. The van der Waals surface area contributed by atoms with Gasteiger partial charge in [-0.25, -0.2) is 4.39 Å². The van der Waals surface area contributed by atoms with Crippen molar-refractivity contribution < 1.29 is 9.50 Å². The zero-order chi connectivity index (χ0) is 14.1. The molecule has 1 aliphatic carbocycles. The maximum Gasteiger partial charge on any atom is 0.129 e. The van der Waals surface area contributed by atoms with Gasteiger partial charge in [-0.3, -0.25) is 0 Å². The van der Waals surface area contributed by atoms with E-state index in [1.807, 2.05) is 18.2 Å². The molecule has 0 amide bonds. The third-order valence-corrected chi connectivity index (χ3v) is 4.29. The molecule has 0 aliphatic heterocycles. The van der Waals surface area contributed by atoms with Crippen molar-refractivity contribution in [3.63, 3.8) is 0 Å². The van der Waals surface area contributed by atoms with E-state index in [0.29, 0.717) is 10.9 Å². The Morgan fingerprint density at radius 2 is 1.95 bits per heavy atom. The first-order chi connectivity index (χ1) is 9.65. The van der Waals surface area contributed by atoms with Crippen LogP contribution in [0.1, 0.15) is 48.0 Å². The fraction of sp³-hybridized carbons (Fsp3) is 0.294. The molecule has 1 saturated carbocycles. The van der Waals surface area contributed by atoms with E-state index >= 15 is 0 Å². The highest BCUT2D eigenvalue weighted by atomic mass is 35.5. The van der Waals surface area contributed by atoms with Crippen molar-refractivity contribution in [1.82, 2.24) is 0 Å². The summed E-state index contributed by atoms with van der Waals surface area (Å²) in [5, 5.41) is 10.8. The zero-order valence-corrected chi connectivity index (χ0v) is 11.8. The number of rotatable bonds is 3. The van der Waals surface area contributed by atoms with Crippen LogP contribution in [0, 0.1) is 5.82 Å². The predicted molar refractivity (Wildman–Crippen MR) is 78.5 cm³/mol. The quantitative estimate of drug-likeness (QED) is 0.858. The predicted octanol–water partition coefficient (Wildman–Crippen LogP) is 4.83. The molecule has 3 heteroatoms. The van der Waals surface area contributed by atoms with Crippen molar-refractivity contribution in [3.05, 3.63) is 70.0 Å². The minimum Gasteiger partial charge on any atom is -0.384 e. The van der Waals surface area contributed by atoms with E-state index in [2.05, 4.69) is 6.07 Å². The normalized spacial score (nSPS) is 16.8. The highest BCUT2D eigenvalue weighted by molar-refractivity contribution is 6.30. The first kappa shape index (κ1) is 13.6. The summed E-state index contributed by atoms with van der Waals surface area (Å²) in [7, 11) is 0. The average Bonchev–Trinajstić information content (AvgIpc) is 2.39. The summed E-state index contributed by atoms with van der Waals surface area (Å²) in [5.74, 6) is 0.155. The molecule has 1 aliphatic rings. The van der Waals surface area contributed by atoms with Crippen LogP contribution in [0.2, 0.25) is 5.02 Å². The Morgan fingerprint density at radius 1 is 1.15 bits per heavy atom. The Kier molecular flexibility index (Phi) is 3.77. The first-order valence-electron chi connectivity index (χ1n) is 6.88. The van der Waals surface area contributed by atoms with Crippen molar-refractivity contribution in [3.8, 4) is 0 Å². The standard InChI is InChI=1S/C17H16ClFO/c18-14-7-8-16(19)15(10-14)17(20)13-6-2-5-12(9-13)11-3-1-4-11/h2,5-11,17,20H,1,3-4H2. The summed E-state index contributed by atoms with van der Waals surface area (Å²) < 4.78 is 13.8. The van der Waals surface area contributed by atoms with Gasteiger partial charge in [0.15, 0.2) is 0 Å². The Hall–Kier alpha value is -1.38. The van der Waals surface area contributed by atoms with Gasteiger partial charge in [0.05, 0.1) is 0 Å². The van der Waals surface area contributed by atoms with Crippen molar-refractivity contribution in [2.24, 2.45) is 0 Å². The molecule has 0 heterocycles. The molecule has 0 saturated heterocycles. The van der Waals surface area contributed by atoms with Gasteiger partial charge >= 0.3 is 0 Å². The number of aliphatic hydroxyl groups excluding tert-OH is 1. The van der Waals surface area contributed by atoms with Crippen LogP contribution in [0.5, 0.6) is 0 Å². The second kappa shape index (κ2) is 5.55. The summed E-state index contributed by atoms with van der Waals surface area (Å²) in [6.07, 6.45) is 2.69. The Balaban J connectivity index is 1.93. The van der Waals surface area contributed by atoms with Gasteiger partial charge < -0.3 is 5.11 Å². The molecule has 0 radical (unpaired) electrons. The average molecular weight is 291 g/mol. The van der Waals surface area contributed by atoms with Gasteiger partial charge in [0, 0.05) is 10.6 Å². The SMILES string of the molecule is OC(c1cccc(C2CCC2)c1)c1cc(Cl)ccc1F. The van der Waals surface area contributed by atoms with Gasteiger partial charge in [-0.05, 0) is 48.1 Å². The molecular formula is C17H16ClFO. The van der Waals surface area contributed by atoms with E-state index in [9.17, 15) is 9.50 Å². The van der Waals surface area contributed by atoms with E-state index in [-0.39, 0.29) is 5.56 Å².